The Morgan fingerprint density at radius 2 is 2.00 bits per heavy atom. The first-order valence-corrected chi connectivity index (χ1v) is 10.2. The van der Waals surface area contributed by atoms with Crippen molar-refractivity contribution in [3.05, 3.63) is 23.8 Å². The number of likely N-dealkylation sites (tertiary alicyclic amines) is 1. The summed E-state index contributed by atoms with van der Waals surface area (Å²) in [5.74, 6) is -0.102. The first kappa shape index (κ1) is 17.8. The number of sulfonamides is 1. The fourth-order valence-electron chi connectivity index (χ4n) is 3.69. The maximum Gasteiger partial charge on any atom is 0.410 e. The molecule has 25 heavy (non-hydrogen) atoms. The molecule has 0 spiro atoms. The van der Waals surface area contributed by atoms with Gasteiger partial charge in [-0.25, -0.2) is 13.2 Å². The molecule has 2 N–H and O–H groups in total. The summed E-state index contributed by atoms with van der Waals surface area (Å²) >= 11 is 0. The van der Waals surface area contributed by atoms with Crippen molar-refractivity contribution in [1.82, 2.24) is 4.90 Å². The summed E-state index contributed by atoms with van der Waals surface area (Å²) in [6.07, 6.45) is 1.41. The summed E-state index contributed by atoms with van der Waals surface area (Å²) in [7, 11) is -3.41. The first-order valence-electron chi connectivity index (χ1n) is 8.34. The van der Waals surface area contributed by atoms with Gasteiger partial charge in [0.05, 0.1) is 18.0 Å². The Bertz CT molecular complexity index is 801. The van der Waals surface area contributed by atoms with Crippen LogP contribution in [0, 0.1) is 0 Å². The van der Waals surface area contributed by atoms with Crippen LogP contribution in [-0.2, 0) is 14.8 Å². The van der Waals surface area contributed by atoms with Gasteiger partial charge < -0.3 is 15.4 Å². The van der Waals surface area contributed by atoms with E-state index in [2.05, 4.69) is 0 Å². The van der Waals surface area contributed by atoms with Crippen molar-refractivity contribution in [2.45, 2.75) is 44.8 Å². The SMILES string of the molecule is CC(C)(C)OC(=O)N1CCC2C(C1)c1cc(N)ccc1N2S(C)(=O)=O. The number of nitrogen functional groups attached to an aromatic ring is 1. The van der Waals surface area contributed by atoms with Gasteiger partial charge in [0.1, 0.15) is 5.60 Å². The van der Waals surface area contributed by atoms with E-state index in [1.807, 2.05) is 26.8 Å². The smallest absolute Gasteiger partial charge is 0.410 e. The highest BCUT2D eigenvalue weighted by atomic mass is 32.2. The number of anilines is 2. The van der Waals surface area contributed by atoms with Gasteiger partial charge >= 0.3 is 6.09 Å². The van der Waals surface area contributed by atoms with E-state index in [4.69, 9.17) is 10.5 Å². The number of carbonyl (C=O) groups excluding carboxylic acids is 1. The Kier molecular flexibility index (Phi) is 4.14. The van der Waals surface area contributed by atoms with E-state index in [0.717, 1.165) is 5.56 Å². The number of amides is 1. The van der Waals surface area contributed by atoms with Gasteiger partial charge in [-0.15, -0.1) is 0 Å². The van der Waals surface area contributed by atoms with Crippen LogP contribution in [0.2, 0.25) is 0 Å². The molecule has 2 aliphatic rings. The molecule has 138 valence electrons. The van der Waals surface area contributed by atoms with E-state index in [-0.39, 0.29) is 18.1 Å². The van der Waals surface area contributed by atoms with Crippen molar-refractivity contribution in [3.63, 3.8) is 0 Å². The molecule has 3 rings (SSSR count). The van der Waals surface area contributed by atoms with Crippen molar-refractivity contribution in [2.75, 3.05) is 29.4 Å². The van der Waals surface area contributed by atoms with Gasteiger partial charge in [-0.05, 0) is 51.0 Å². The summed E-state index contributed by atoms with van der Waals surface area (Å²) in [6.45, 7) is 6.37. The normalized spacial score (nSPS) is 23.2. The minimum Gasteiger partial charge on any atom is -0.444 e. The lowest BCUT2D eigenvalue weighted by atomic mass is 9.89. The van der Waals surface area contributed by atoms with Gasteiger partial charge in [0.15, 0.2) is 0 Å². The Balaban J connectivity index is 1.92. The Hall–Kier alpha value is -1.96. The average molecular weight is 367 g/mol. The molecule has 2 heterocycles. The second-order valence-corrected chi connectivity index (χ2v) is 9.63. The molecule has 1 saturated heterocycles. The number of ether oxygens (including phenoxy) is 1. The van der Waals surface area contributed by atoms with Gasteiger partial charge in [0, 0.05) is 24.7 Å². The van der Waals surface area contributed by atoms with Crippen molar-refractivity contribution >= 4 is 27.5 Å². The molecule has 0 radical (unpaired) electrons. The van der Waals surface area contributed by atoms with Gasteiger partial charge in [-0.2, -0.15) is 0 Å². The molecule has 2 unspecified atom stereocenters. The van der Waals surface area contributed by atoms with Crippen molar-refractivity contribution in [3.8, 4) is 0 Å². The van der Waals surface area contributed by atoms with Crippen LogP contribution in [0.5, 0.6) is 0 Å². The zero-order valence-corrected chi connectivity index (χ0v) is 15.8. The minimum absolute atomic E-state index is 0.102. The molecule has 7 nitrogen and oxygen atoms in total. The Labute approximate surface area is 148 Å². The van der Waals surface area contributed by atoms with E-state index in [1.54, 1.807) is 17.0 Å². The highest BCUT2D eigenvalue weighted by molar-refractivity contribution is 7.92. The number of hydrogen-bond donors (Lipinski definition) is 1. The summed E-state index contributed by atoms with van der Waals surface area (Å²) in [6, 6.07) is 5.09. The van der Waals surface area contributed by atoms with Crippen LogP contribution in [0.25, 0.3) is 0 Å². The summed E-state index contributed by atoms with van der Waals surface area (Å²) < 4.78 is 31.6. The molecule has 1 fully saturated rings. The number of nitrogens with two attached hydrogens (primary N) is 1. The number of piperidine rings is 1. The van der Waals surface area contributed by atoms with Gasteiger partial charge in [-0.3, -0.25) is 4.31 Å². The number of benzene rings is 1. The molecular weight excluding hydrogens is 342 g/mol. The lowest BCUT2D eigenvalue weighted by Crippen LogP contribution is -2.50. The number of rotatable bonds is 1. The maximum absolute atomic E-state index is 12.4. The van der Waals surface area contributed by atoms with E-state index in [1.165, 1.54) is 10.6 Å². The monoisotopic (exact) mass is 367 g/mol. The van der Waals surface area contributed by atoms with Crippen LogP contribution >= 0.6 is 0 Å². The van der Waals surface area contributed by atoms with Crippen LogP contribution in [0.1, 0.15) is 38.7 Å². The van der Waals surface area contributed by atoms with Gasteiger partial charge in [-0.1, -0.05) is 0 Å². The van der Waals surface area contributed by atoms with Crippen molar-refractivity contribution < 1.29 is 17.9 Å². The van der Waals surface area contributed by atoms with Crippen LogP contribution in [-0.4, -0.2) is 50.4 Å². The number of nitrogens with zero attached hydrogens (tertiary/aromatic N) is 2. The highest BCUT2D eigenvalue weighted by Crippen LogP contribution is 2.46. The van der Waals surface area contributed by atoms with Crippen molar-refractivity contribution in [1.29, 1.82) is 0 Å². The van der Waals surface area contributed by atoms with E-state index in [0.29, 0.717) is 30.9 Å². The van der Waals surface area contributed by atoms with Gasteiger partial charge in [0.25, 0.3) is 0 Å². The van der Waals surface area contributed by atoms with Crippen LogP contribution in [0.4, 0.5) is 16.2 Å². The number of hydrogen-bond acceptors (Lipinski definition) is 5. The third kappa shape index (κ3) is 3.40. The Morgan fingerprint density at radius 1 is 1.32 bits per heavy atom. The van der Waals surface area contributed by atoms with Crippen LogP contribution < -0.4 is 10.0 Å². The second-order valence-electron chi connectivity index (χ2n) is 7.77. The fourth-order valence-corrected chi connectivity index (χ4v) is 4.96. The molecule has 1 aromatic rings. The summed E-state index contributed by atoms with van der Waals surface area (Å²) in [4.78, 5) is 14.1. The second kappa shape index (κ2) is 5.79. The summed E-state index contributed by atoms with van der Waals surface area (Å²) in [5, 5.41) is 0. The zero-order valence-electron chi connectivity index (χ0n) is 15.0. The van der Waals surface area contributed by atoms with Crippen LogP contribution in [0.15, 0.2) is 18.2 Å². The van der Waals surface area contributed by atoms with E-state index < -0.39 is 15.6 Å². The molecule has 0 bridgehead atoms. The number of fused-ring (bicyclic) bond motifs is 3. The minimum atomic E-state index is -3.41. The first-order chi connectivity index (χ1) is 11.5. The highest BCUT2D eigenvalue weighted by Gasteiger charge is 2.46. The molecule has 2 atom stereocenters. The largest absolute Gasteiger partial charge is 0.444 e. The molecular formula is C17H25N3O4S. The third-order valence-electron chi connectivity index (χ3n) is 4.58. The standard InChI is InChI=1S/C17H25N3O4S/c1-17(2,3)24-16(21)19-8-7-15-13(10-19)12-9-11(18)5-6-14(12)20(15)25(4,22)23/h5-6,9,13,15H,7-8,10,18H2,1-4H3. The Morgan fingerprint density at radius 3 is 2.60 bits per heavy atom. The molecule has 0 aliphatic carbocycles. The summed E-state index contributed by atoms with van der Waals surface area (Å²) in [5.41, 5.74) is 7.48. The fraction of sp³-hybridized carbons (Fsp3) is 0.588. The molecule has 0 saturated carbocycles. The quantitative estimate of drug-likeness (QED) is 0.768. The van der Waals surface area contributed by atoms with E-state index >= 15 is 0 Å². The van der Waals surface area contributed by atoms with Gasteiger partial charge in [0.2, 0.25) is 10.0 Å². The zero-order chi connectivity index (χ0) is 18.6. The maximum atomic E-state index is 12.4. The molecule has 0 aromatic heterocycles. The number of carbonyl (C=O) groups is 1. The third-order valence-corrected chi connectivity index (χ3v) is 5.76. The topological polar surface area (TPSA) is 92.9 Å². The van der Waals surface area contributed by atoms with Crippen molar-refractivity contribution in [2.24, 2.45) is 0 Å². The lowest BCUT2D eigenvalue weighted by molar-refractivity contribution is 0.0192. The lowest BCUT2D eigenvalue weighted by Gasteiger charge is -2.38. The van der Waals surface area contributed by atoms with Crippen LogP contribution in [0.3, 0.4) is 0 Å². The van der Waals surface area contributed by atoms with E-state index in [9.17, 15) is 13.2 Å². The average Bonchev–Trinajstić information content (AvgIpc) is 2.78. The molecule has 1 amide bonds. The predicted octanol–water partition coefficient (Wildman–Crippen LogP) is 2.14. The predicted molar refractivity (Wildman–Crippen MR) is 97.1 cm³/mol. The molecule has 8 heteroatoms. The molecule has 1 aromatic carbocycles. The molecule has 2 aliphatic heterocycles.